The molecule has 4 N–H and O–H groups in total. The smallest absolute Gasteiger partial charge is 0.0496 e. The van der Waals surface area contributed by atoms with Gasteiger partial charge in [0.05, 0.1) is 0 Å². The van der Waals surface area contributed by atoms with Gasteiger partial charge >= 0.3 is 0 Å². The fraction of sp³-hybridized carbons (Fsp3) is 0.333. The Kier molecular flexibility index (Phi) is 5.78. The van der Waals surface area contributed by atoms with E-state index in [0.29, 0.717) is 6.42 Å². The van der Waals surface area contributed by atoms with Gasteiger partial charge in [0.25, 0.3) is 0 Å². The number of rotatable bonds is 8. The van der Waals surface area contributed by atoms with Crippen molar-refractivity contribution in [3.05, 3.63) is 73.5 Å². The van der Waals surface area contributed by atoms with E-state index >= 15 is 0 Å². The maximum absolute atomic E-state index is 6.45. The van der Waals surface area contributed by atoms with Crippen LogP contribution in [0.25, 0.3) is 0 Å². The Hall–Kier alpha value is -1.80. The molecule has 0 aromatic rings. The molecule has 2 nitrogen and oxygen atoms in total. The van der Waals surface area contributed by atoms with Crippen LogP contribution in [0.4, 0.5) is 0 Å². The predicted octanol–water partition coefficient (Wildman–Crippen LogP) is 3.76. The molecule has 1 unspecified atom stereocenters. The highest BCUT2D eigenvalue weighted by atomic mass is 14.7. The van der Waals surface area contributed by atoms with E-state index in [1.54, 1.807) is 0 Å². The van der Waals surface area contributed by atoms with Crippen LogP contribution in [0.5, 0.6) is 0 Å². The van der Waals surface area contributed by atoms with Gasteiger partial charge in [-0.05, 0) is 36.8 Å². The molecule has 0 saturated carbocycles. The molecule has 0 heterocycles. The Labute approximate surface area is 122 Å². The molecular weight excluding hydrogens is 244 g/mol. The van der Waals surface area contributed by atoms with Crippen molar-refractivity contribution in [2.24, 2.45) is 16.9 Å². The number of nitrogens with two attached hydrogens (primary N) is 2. The average molecular weight is 270 g/mol. The largest absolute Gasteiger partial charge is 0.401 e. The Balaban J connectivity index is 3.41. The van der Waals surface area contributed by atoms with Crippen LogP contribution in [0.3, 0.4) is 0 Å². The maximum atomic E-state index is 6.45. The van der Waals surface area contributed by atoms with Crippen molar-refractivity contribution in [2.45, 2.75) is 31.7 Å². The van der Waals surface area contributed by atoms with Gasteiger partial charge in [0.15, 0.2) is 0 Å². The highest BCUT2D eigenvalue weighted by molar-refractivity contribution is 5.43. The third kappa shape index (κ3) is 3.02. The van der Waals surface area contributed by atoms with E-state index in [0.717, 1.165) is 36.1 Å². The van der Waals surface area contributed by atoms with E-state index in [2.05, 4.69) is 32.4 Å². The van der Waals surface area contributed by atoms with Crippen molar-refractivity contribution in [3.8, 4) is 0 Å². The monoisotopic (exact) mass is 270 g/mol. The zero-order chi connectivity index (χ0) is 15.2. The molecule has 1 rings (SSSR count). The Morgan fingerprint density at radius 2 is 1.55 bits per heavy atom. The van der Waals surface area contributed by atoms with Crippen LogP contribution in [-0.2, 0) is 0 Å². The molecule has 0 fully saturated rings. The van der Waals surface area contributed by atoms with E-state index in [1.807, 2.05) is 24.3 Å². The fourth-order valence-corrected chi connectivity index (χ4v) is 2.91. The molecule has 0 aromatic carbocycles. The van der Waals surface area contributed by atoms with Crippen molar-refractivity contribution in [3.63, 3.8) is 0 Å². The summed E-state index contributed by atoms with van der Waals surface area (Å²) in [6, 6.07) is -0.145. The molecular formula is C18H26N2. The van der Waals surface area contributed by atoms with Crippen LogP contribution in [0, 0.1) is 5.41 Å². The molecule has 1 aliphatic rings. The van der Waals surface area contributed by atoms with Crippen molar-refractivity contribution in [1.29, 1.82) is 0 Å². The Morgan fingerprint density at radius 1 is 1.00 bits per heavy atom. The first-order valence-corrected chi connectivity index (χ1v) is 6.96. The van der Waals surface area contributed by atoms with Crippen LogP contribution >= 0.6 is 0 Å². The molecule has 0 aliphatic heterocycles. The van der Waals surface area contributed by atoms with E-state index in [9.17, 15) is 0 Å². The van der Waals surface area contributed by atoms with Crippen LogP contribution in [-0.4, -0.2) is 6.04 Å². The Morgan fingerprint density at radius 3 is 2.00 bits per heavy atom. The second-order valence-corrected chi connectivity index (χ2v) is 5.26. The number of hydrogen-bond donors (Lipinski definition) is 2. The summed E-state index contributed by atoms with van der Waals surface area (Å²) in [5.74, 6) is 0. The summed E-state index contributed by atoms with van der Waals surface area (Å²) in [5.41, 5.74) is 15.6. The molecule has 0 radical (unpaired) electrons. The molecule has 0 spiro atoms. The van der Waals surface area contributed by atoms with E-state index in [1.165, 1.54) is 0 Å². The first-order chi connectivity index (χ1) is 9.56. The second-order valence-electron chi connectivity index (χ2n) is 5.26. The van der Waals surface area contributed by atoms with Gasteiger partial charge in [0, 0.05) is 17.2 Å². The van der Waals surface area contributed by atoms with E-state index in [-0.39, 0.29) is 11.5 Å². The van der Waals surface area contributed by atoms with Crippen LogP contribution in [0.15, 0.2) is 73.5 Å². The van der Waals surface area contributed by atoms with Gasteiger partial charge < -0.3 is 11.5 Å². The van der Waals surface area contributed by atoms with Crippen molar-refractivity contribution in [2.75, 3.05) is 0 Å². The quantitative estimate of drug-likeness (QED) is 0.660. The third-order valence-corrected chi connectivity index (χ3v) is 3.88. The van der Waals surface area contributed by atoms with Gasteiger partial charge in [0.2, 0.25) is 0 Å². The van der Waals surface area contributed by atoms with Gasteiger partial charge in [0.1, 0.15) is 0 Å². The van der Waals surface area contributed by atoms with Crippen LogP contribution in [0.1, 0.15) is 25.7 Å². The summed E-state index contributed by atoms with van der Waals surface area (Å²) >= 11 is 0. The number of hydrogen-bond acceptors (Lipinski definition) is 2. The summed E-state index contributed by atoms with van der Waals surface area (Å²) in [6.07, 6.45) is 12.8. The first kappa shape index (κ1) is 16.3. The lowest BCUT2D eigenvalue weighted by Gasteiger charge is -2.39. The topological polar surface area (TPSA) is 52.0 Å². The molecule has 1 aliphatic carbocycles. The zero-order valence-electron chi connectivity index (χ0n) is 12.3. The molecule has 0 saturated heterocycles. The summed E-state index contributed by atoms with van der Waals surface area (Å²) in [5, 5.41) is 0. The van der Waals surface area contributed by atoms with Crippen molar-refractivity contribution >= 4 is 0 Å². The molecule has 2 heteroatoms. The minimum Gasteiger partial charge on any atom is -0.401 e. The third-order valence-electron chi connectivity index (χ3n) is 3.88. The molecule has 0 amide bonds. The van der Waals surface area contributed by atoms with Gasteiger partial charge in [-0.25, -0.2) is 0 Å². The highest BCUT2D eigenvalue weighted by Gasteiger charge is 2.36. The van der Waals surface area contributed by atoms with Crippen LogP contribution in [0.2, 0.25) is 0 Å². The number of allylic oxidation sites excluding steroid dienone is 5. The minimum absolute atomic E-state index is 0.145. The normalized spacial score (nSPS) is 21.1. The summed E-state index contributed by atoms with van der Waals surface area (Å²) < 4.78 is 0. The maximum Gasteiger partial charge on any atom is 0.0496 e. The lowest BCUT2D eigenvalue weighted by molar-refractivity contribution is 0.439. The van der Waals surface area contributed by atoms with Crippen LogP contribution < -0.4 is 11.5 Å². The second kappa shape index (κ2) is 7.11. The fourth-order valence-electron chi connectivity index (χ4n) is 2.91. The van der Waals surface area contributed by atoms with Gasteiger partial charge in [-0.3, -0.25) is 0 Å². The lowest BCUT2D eigenvalue weighted by Crippen LogP contribution is -2.39. The Bertz CT molecular complexity index is 456. The summed E-state index contributed by atoms with van der Waals surface area (Å²) in [4.78, 5) is 0. The summed E-state index contributed by atoms with van der Waals surface area (Å²) in [6.45, 7) is 15.4. The average Bonchev–Trinajstić information content (AvgIpc) is 2.42. The van der Waals surface area contributed by atoms with Gasteiger partial charge in [-0.15, -0.1) is 26.3 Å². The molecule has 108 valence electrons. The molecule has 0 aromatic heterocycles. The summed E-state index contributed by atoms with van der Waals surface area (Å²) in [7, 11) is 0. The van der Waals surface area contributed by atoms with Crippen molar-refractivity contribution < 1.29 is 0 Å². The van der Waals surface area contributed by atoms with E-state index < -0.39 is 0 Å². The molecule has 1 atom stereocenters. The highest BCUT2D eigenvalue weighted by Crippen LogP contribution is 2.43. The first-order valence-electron chi connectivity index (χ1n) is 6.96. The standard InChI is InChI=1S/C18H26N2/c1-5-9-14-13-18(11-7-3,12-8-4)17(20)15(10-6-2)16(14)19/h5-8,13,16H,1-4,9-12,19-20H2. The predicted molar refractivity (Wildman–Crippen MR) is 89.0 cm³/mol. The van der Waals surface area contributed by atoms with Crippen molar-refractivity contribution in [1.82, 2.24) is 0 Å². The zero-order valence-corrected chi connectivity index (χ0v) is 12.3. The van der Waals surface area contributed by atoms with Gasteiger partial charge in [-0.2, -0.15) is 0 Å². The minimum atomic E-state index is -0.254. The molecule has 20 heavy (non-hydrogen) atoms. The van der Waals surface area contributed by atoms with E-state index in [4.69, 9.17) is 11.5 Å². The molecule has 0 bridgehead atoms. The lowest BCUT2D eigenvalue weighted by atomic mass is 9.69. The SMILES string of the molecule is C=CCC1=CC(CC=C)(CC=C)C(N)=C(CC=C)C1N. The van der Waals surface area contributed by atoms with Gasteiger partial charge in [-0.1, -0.05) is 30.4 Å².